The molecule has 0 atom stereocenters. The number of hydrogen-bond acceptors (Lipinski definition) is 3. The van der Waals surface area contributed by atoms with Gasteiger partial charge in [0, 0.05) is 19.1 Å². The highest BCUT2D eigenvalue weighted by atomic mass is 16.5. The third-order valence-electron chi connectivity index (χ3n) is 3.67. The number of amides is 3. The van der Waals surface area contributed by atoms with Crippen LogP contribution in [0.5, 0.6) is 5.75 Å². The molecule has 1 saturated heterocycles. The maximum absolute atomic E-state index is 12.0. The van der Waals surface area contributed by atoms with Crippen LogP contribution in [0.1, 0.15) is 12.8 Å². The van der Waals surface area contributed by atoms with Crippen LogP contribution in [0, 0.1) is 0 Å². The van der Waals surface area contributed by atoms with Crippen LogP contribution in [-0.2, 0) is 4.79 Å². The van der Waals surface area contributed by atoms with Crippen molar-refractivity contribution in [3.8, 4) is 5.75 Å². The van der Waals surface area contributed by atoms with E-state index < -0.39 is 0 Å². The van der Waals surface area contributed by atoms with Crippen molar-refractivity contribution in [3.63, 3.8) is 0 Å². The van der Waals surface area contributed by atoms with E-state index in [0.717, 1.165) is 12.8 Å². The van der Waals surface area contributed by atoms with Crippen LogP contribution >= 0.6 is 0 Å². The van der Waals surface area contributed by atoms with Gasteiger partial charge in [-0.3, -0.25) is 4.79 Å². The van der Waals surface area contributed by atoms with E-state index in [1.54, 1.807) is 24.1 Å². The highest BCUT2D eigenvalue weighted by Crippen LogP contribution is 2.22. The van der Waals surface area contributed by atoms with Gasteiger partial charge in [-0.25, -0.2) is 4.79 Å². The molecule has 0 spiro atoms. The van der Waals surface area contributed by atoms with E-state index in [-0.39, 0.29) is 18.0 Å². The van der Waals surface area contributed by atoms with Crippen molar-refractivity contribution in [1.82, 2.24) is 10.2 Å². The Morgan fingerprint density at radius 3 is 2.64 bits per heavy atom. The smallest absolute Gasteiger partial charge is 0.319 e. The Balaban J connectivity index is 1.83. The lowest BCUT2D eigenvalue weighted by Crippen LogP contribution is -2.47. The summed E-state index contributed by atoms with van der Waals surface area (Å²) in [7, 11) is 1.56. The lowest BCUT2D eigenvalue weighted by Gasteiger charge is -2.31. The molecule has 3 amide bonds. The Kier molecular flexibility index (Phi) is 5.41. The van der Waals surface area contributed by atoms with E-state index in [0.29, 0.717) is 24.5 Å². The fourth-order valence-electron chi connectivity index (χ4n) is 2.47. The zero-order valence-corrected chi connectivity index (χ0v) is 12.7. The van der Waals surface area contributed by atoms with E-state index in [1.165, 1.54) is 6.08 Å². The SMILES string of the molecule is C=CC(=O)N1CCC(NC(=O)Nc2ccccc2OC)CC1. The molecule has 1 aromatic rings. The average Bonchev–Trinajstić information content (AvgIpc) is 2.55. The quantitative estimate of drug-likeness (QED) is 0.836. The van der Waals surface area contributed by atoms with Crippen molar-refractivity contribution in [2.24, 2.45) is 0 Å². The van der Waals surface area contributed by atoms with Gasteiger partial charge in [0.1, 0.15) is 5.75 Å². The summed E-state index contributed by atoms with van der Waals surface area (Å²) in [6.07, 6.45) is 2.79. The summed E-state index contributed by atoms with van der Waals surface area (Å²) in [5.41, 5.74) is 0.627. The number of carbonyl (C=O) groups excluding carboxylic acids is 2. The number of hydrogen-bond donors (Lipinski definition) is 2. The first-order valence-corrected chi connectivity index (χ1v) is 7.26. The third kappa shape index (κ3) is 4.00. The molecule has 2 rings (SSSR count). The molecule has 0 unspecified atom stereocenters. The second-order valence-corrected chi connectivity index (χ2v) is 5.10. The second-order valence-electron chi connectivity index (χ2n) is 5.10. The predicted molar refractivity (Wildman–Crippen MR) is 84.9 cm³/mol. The Labute approximate surface area is 130 Å². The van der Waals surface area contributed by atoms with Gasteiger partial charge in [0.25, 0.3) is 0 Å². The van der Waals surface area contributed by atoms with Crippen LogP contribution < -0.4 is 15.4 Å². The molecule has 6 heteroatoms. The minimum atomic E-state index is -0.266. The molecule has 0 aromatic heterocycles. The number of likely N-dealkylation sites (tertiary alicyclic amines) is 1. The molecule has 118 valence electrons. The molecule has 0 radical (unpaired) electrons. The topological polar surface area (TPSA) is 70.7 Å². The third-order valence-corrected chi connectivity index (χ3v) is 3.67. The van der Waals surface area contributed by atoms with E-state index >= 15 is 0 Å². The fourth-order valence-corrected chi connectivity index (χ4v) is 2.47. The molecule has 1 aromatic carbocycles. The standard InChI is InChI=1S/C16H21N3O3/c1-3-15(20)19-10-8-12(9-11-19)17-16(21)18-13-6-4-5-7-14(13)22-2/h3-7,12H,1,8-11H2,2H3,(H2,17,18,21). The lowest BCUT2D eigenvalue weighted by atomic mass is 10.1. The predicted octanol–water partition coefficient (Wildman–Crippen LogP) is 1.99. The zero-order chi connectivity index (χ0) is 15.9. The van der Waals surface area contributed by atoms with Gasteiger partial charge in [-0.2, -0.15) is 0 Å². The molecule has 1 aliphatic rings. The largest absolute Gasteiger partial charge is 0.495 e. The monoisotopic (exact) mass is 303 g/mol. The number of anilines is 1. The maximum atomic E-state index is 12.0. The van der Waals surface area contributed by atoms with Gasteiger partial charge in [-0.15, -0.1) is 0 Å². The Bertz CT molecular complexity index is 551. The number of carbonyl (C=O) groups is 2. The summed E-state index contributed by atoms with van der Waals surface area (Å²) in [5.74, 6) is 0.556. The molecule has 1 fully saturated rings. The molecular weight excluding hydrogens is 282 g/mol. The summed E-state index contributed by atoms with van der Waals surface area (Å²) in [6, 6.07) is 7.03. The molecule has 1 heterocycles. The van der Waals surface area contributed by atoms with Gasteiger partial charge in [-0.1, -0.05) is 18.7 Å². The van der Waals surface area contributed by atoms with Crippen molar-refractivity contribution in [1.29, 1.82) is 0 Å². The molecule has 22 heavy (non-hydrogen) atoms. The molecule has 6 nitrogen and oxygen atoms in total. The Hall–Kier alpha value is -2.50. The number of urea groups is 1. The highest BCUT2D eigenvalue weighted by molar-refractivity contribution is 5.91. The van der Waals surface area contributed by atoms with Gasteiger partial charge in [-0.05, 0) is 31.1 Å². The Morgan fingerprint density at radius 2 is 2.00 bits per heavy atom. The molecule has 2 N–H and O–H groups in total. The van der Waals surface area contributed by atoms with Crippen molar-refractivity contribution in [3.05, 3.63) is 36.9 Å². The summed E-state index contributed by atoms with van der Waals surface area (Å²) in [5, 5.41) is 5.71. The van der Waals surface area contributed by atoms with Gasteiger partial charge in [0.15, 0.2) is 0 Å². The molecule has 0 bridgehead atoms. The van der Waals surface area contributed by atoms with Crippen LogP contribution in [0.4, 0.5) is 10.5 Å². The molecular formula is C16H21N3O3. The van der Waals surface area contributed by atoms with Crippen molar-refractivity contribution in [2.45, 2.75) is 18.9 Å². The number of rotatable bonds is 4. The van der Waals surface area contributed by atoms with Crippen LogP contribution in [0.25, 0.3) is 0 Å². The van der Waals surface area contributed by atoms with Crippen molar-refractivity contribution < 1.29 is 14.3 Å². The van der Waals surface area contributed by atoms with E-state index in [9.17, 15) is 9.59 Å². The minimum absolute atomic E-state index is 0.0584. The number of nitrogens with zero attached hydrogens (tertiary/aromatic N) is 1. The van der Waals surface area contributed by atoms with Crippen LogP contribution in [0.15, 0.2) is 36.9 Å². The van der Waals surface area contributed by atoms with Gasteiger partial charge < -0.3 is 20.3 Å². The number of benzene rings is 1. The fraction of sp³-hybridized carbons (Fsp3) is 0.375. The van der Waals surface area contributed by atoms with Crippen LogP contribution in [-0.4, -0.2) is 43.1 Å². The molecule has 0 saturated carbocycles. The normalized spacial score (nSPS) is 15.0. The van der Waals surface area contributed by atoms with Gasteiger partial charge in [0.05, 0.1) is 12.8 Å². The van der Waals surface area contributed by atoms with Crippen molar-refractivity contribution in [2.75, 3.05) is 25.5 Å². The Morgan fingerprint density at radius 1 is 1.32 bits per heavy atom. The maximum Gasteiger partial charge on any atom is 0.319 e. The summed E-state index contributed by atoms with van der Waals surface area (Å²) in [4.78, 5) is 25.3. The number of methoxy groups -OCH3 is 1. The first-order valence-electron chi connectivity index (χ1n) is 7.26. The summed E-state index contributed by atoms with van der Waals surface area (Å²) < 4.78 is 5.19. The highest BCUT2D eigenvalue weighted by Gasteiger charge is 2.22. The first kappa shape index (κ1) is 15.9. The van der Waals surface area contributed by atoms with Crippen LogP contribution in [0.2, 0.25) is 0 Å². The molecule has 1 aliphatic heterocycles. The number of para-hydroxylation sites is 2. The van der Waals surface area contributed by atoms with E-state index in [2.05, 4.69) is 17.2 Å². The number of piperidine rings is 1. The van der Waals surface area contributed by atoms with Crippen LogP contribution in [0.3, 0.4) is 0 Å². The number of nitrogens with one attached hydrogen (secondary N) is 2. The summed E-state index contributed by atoms with van der Waals surface area (Å²) in [6.45, 7) is 4.74. The van der Waals surface area contributed by atoms with Crippen molar-refractivity contribution >= 4 is 17.6 Å². The zero-order valence-electron chi connectivity index (χ0n) is 12.7. The number of ether oxygens (including phenoxy) is 1. The second kappa shape index (κ2) is 7.49. The average molecular weight is 303 g/mol. The lowest BCUT2D eigenvalue weighted by molar-refractivity contribution is -0.127. The van der Waals surface area contributed by atoms with Gasteiger partial charge >= 0.3 is 6.03 Å². The minimum Gasteiger partial charge on any atom is -0.495 e. The first-order chi connectivity index (χ1) is 10.6. The van der Waals surface area contributed by atoms with E-state index in [4.69, 9.17) is 4.74 Å². The molecule has 0 aliphatic carbocycles. The summed E-state index contributed by atoms with van der Waals surface area (Å²) >= 11 is 0. The van der Waals surface area contributed by atoms with E-state index in [1.807, 2.05) is 12.1 Å². The van der Waals surface area contributed by atoms with Gasteiger partial charge in [0.2, 0.25) is 5.91 Å².